The lowest BCUT2D eigenvalue weighted by Crippen LogP contribution is -2.50. The van der Waals surface area contributed by atoms with Crippen LogP contribution in [0.15, 0.2) is 85.1 Å². The van der Waals surface area contributed by atoms with Crippen LogP contribution in [0.4, 0.5) is 4.39 Å². The number of fused-ring (bicyclic) bond motifs is 2. The van der Waals surface area contributed by atoms with Gasteiger partial charge in [0.15, 0.2) is 0 Å². The van der Waals surface area contributed by atoms with Gasteiger partial charge >= 0.3 is 0 Å². The van der Waals surface area contributed by atoms with Crippen molar-refractivity contribution in [2.45, 2.75) is 51.9 Å². The molecule has 0 saturated carbocycles. The fourth-order valence-electron chi connectivity index (χ4n) is 4.59. The van der Waals surface area contributed by atoms with Crippen LogP contribution in [-0.2, 0) is 22.7 Å². The molecule has 0 aliphatic carbocycles. The summed E-state index contributed by atoms with van der Waals surface area (Å²) in [4.78, 5) is 34.1. The number of halogens is 1. The third-order valence-electron chi connectivity index (χ3n) is 7.14. The average molecular weight is 539 g/mol. The molecule has 9 heteroatoms. The normalized spacial score (nSPS) is 12.4. The van der Waals surface area contributed by atoms with Crippen molar-refractivity contribution in [3.8, 4) is 0 Å². The van der Waals surface area contributed by atoms with E-state index in [1.54, 1.807) is 18.3 Å². The molecule has 1 unspecified atom stereocenters. The molecule has 204 valence electrons. The lowest BCUT2D eigenvalue weighted by atomic mass is 9.97. The number of pyridine rings is 1. The monoisotopic (exact) mass is 538 g/mol. The summed E-state index contributed by atoms with van der Waals surface area (Å²) < 4.78 is 15.3. The van der Waals surface area contributed by atoms with Crippen molar-refractivity contribution in [1.82, 2.24) is 30.2 Å². The van der Waals surface area contributed by atoms with E-state index >= 15 is 0 Å². The Bertz CT molecular complexity index is 1660. The van der Waals surface area contributed by atoms with Gasteiger partial charge in [0.2, 0.25) is 11.8 Å². The summed E-state index contributed by atoms with van der Waals surface area (Å²) in [6, 6.07) is 21.7. The standard InChI is InChI=1S/C31H31FN6O2/c1-4-31(2,3)34-30(40)29(23-13-16-25-22(18-23)8-7-17-33-25)37(19-21-11-14-24(32)15-12-21)28(39)20-38-27-10-6-5-9-26(27)35-36-38/h5-18,29H,4,19-20H2,1-3H3,(H,34,40). The summed E-state index contributed by atoms with van der Waals surface area (Å²) >= 11 is 0. The molecule has 0 aliphatic rings. The van der Waals surface area contributed by atoms with E-state index in [-0.39, 0.29) is 30.7 Å². The average Bonchev–Trinajstić information content (AvgIpc) is 3.36. The van der Waals surface area contributed by atoms with Crippen LogP contribution in [0.5, 0.6) is 0 Å². The van der Waals surface area contributed by atoms with Gasteiger partial charge in [0.25, 0.3) is 0 Å². The van der Waals surface area contributed by atoms with Gasteiger partial charge in [-0.3, -0.25) is 14.6 Å². The van der Waals surface area contributed by atoms with E-state index in [2.05, 4.69) is 20.6 Å². The van der Waals surface area contributed by atoms with Crippen LogP contribution < -0.4 is 5.32 Å². The Morgan fingerprint density at radius 3 is 2.55 bits per heavy atom. The van der Waals surface area contributed by atoms with Crippen LogP contribution >= 0.6 is 0 Å². The van der Waals surface area contributed by atoms with Gasteiger partial charge in [-0.1, -0.05) is 48.5 Å². The fraction of sp³-hybridized carbons (Fsp3) is 0.258. The lowest BCUT2D eigenvalue weighted by Gasteiger charge is -2.35. The maximum Gasteiger partial charge on any atom is 0.247 e. The number of aromatic nitrogens is 4. The number of hydrogen-bond donors (Lipinski definition) is 1. The second kappa shape index (κ2) is 11.2. The van der Waals surface area contributed by atoms with Crippen LogP contribution in [0.25, 0.3) is 21.9 Å². The predicted octanol–water partition coefficient (Wildman–Crippen LogP) is 5.19. The molecule has 5 aromatic rings. The van der Waals surface area contributed by atoms with Crippen molar-refractivity contribution in [1.29, 1.82) is 0 Å². The molecule has 0 saturated heterocycles. The highest BCUT2D eigenvalue weighted by Gasteiger charge is 2.34. The maximum absolute atomic E-state index is 14.1. The fourth-order valence-corrected chi connectivity index (χ4v) is 4.59. The number of hydrogen-bond acceptors (Lipinski definition) is 5. The van der Waals surface area contributed by atoms with Crippen molar-refractivity contribution in [2.24, 2.45) is 0 Å². The molecule has 0 radical (unpaired) electrons. The second-order valence-electron chi connectivity index (χ2n) is 10.5. The smallest absolute Gasteiger partial charge is 0.247 e. The van der Waals surface area contributed by atoms with Gasteiger partial charge in [-0.05, 0) is 73.9 Å². The minimum atomic E-state index is -0.970. The van der Waals surface area contributed by atoms with Crippen LogP contribution in [0, 0.1) is 5.82 Å². The molecule has 2 heterocycles. The van der Waals surface area contributed by atoms with Crippen molar-refractivity contribution >= 4 is 33.8 Å². The van der Waals surface area contributed by atoms with Gasteiger partial charge in [-0.15, -0.1) is 5.10 Å². The Hall–Kier alpha value is -4.66. The van der Waals surface area contributed by atoms with Gasteiger partial charge in [-0.25, -0.2) is 9.07 Å². The maximum atomic E-state index is 14.1. The van der Waals surface area contributed by atoms with Crippen molar-refractivity contribution in [3.63, 3.8) is 0 Å². The van der Waals surface area contributed by atoms with Gasteiger partial charge < -0.3 is 10.2 Å². The molecule has 1 N–H and O–H groups in total. The molecule has 0 aliphatic heterocycles. The molecule has 3 aromatic carbocycles. The van der Waals surface area contributed by atoms with E-state index in [9.17, 15) is 14.0 Å². The lowest BCUT2D eigenvalue weighted by molar-refractivity contribution is -0.143. The molecule has 2 aromatic heterocycles. The molecular weight excluding hydrogens is 507 g/mol. The van der Waals surface area contributed by atoms with E-state index in [0.717, 1.165) is 10.9 Å². The van der Waals surface area contributed by atoms with E-state index in [1.807, 2.05) is 75.4 Å². The summed E-state index contributed by atoms with van der Waals surface area (Å²) in [5.74, 6) is -1.02. The Balaban J connectivity index is 1.60. The number of nitrogens with zero attached hydrogens (tertiary/aromatic N) is 5. The number of amides is 2. The third kappa shape index (κ3) is 5.83. The highest BCUT2D eigenvalue weighted by molar-refractivity contribution is 5.91. The first-order chi connectivity index (χ1) is 19.2. The second-order valence-corrected chi connectivity index (χ2v) is 10.5. The summed E-state index contributed by atoms with van der Waals surface area (Å²) in [5.41, 5.74) is 2.99. The van der Waals surface area contributed by atoms with Gasteiger partial charge in [0.1, 0.15) is 23.9 Å². The quantitative estimate of drug-likeness (QED) is 0.279. The third-order valence-corrected chi connectivity index (χ3v) is 7.14. The molecule has 40 heavy (non-hydrogen) atoms. The highest BCUT2D eigenvalue weighted by atomic mass is 19.1. The van der Waals surface area contributed by atoms with Crippen molar-refractivity contribution in [3.05, 3.63) is 102 Å². The molecule has 0 fully saturated rings. The number of carbonyl (C=O) groups is 2. The predicted molar refractivity (Wildman–Crippen MR) is 151 cm³/mol. The van der Waals surface area contributed by atoms with Crippen LogP contribution in [0.1, 0.15) is 44.4 Å². The summed E-state index contributed by atoms with van der Waals surface area (Å²) in [6.07, 6.45) is 2.41. The number of rotatable bonds is 9. The summed E-state index contributed by atoms with van der Waals surface area (Å²) in [6.45, 7) is 5.84. The zero-order valence-corrected chi connectivity index (χ0v) is 22.7. The molecule has 5 rings (SSSR count). The van der Waals surface area contributed by atoms with Gasteiger partial charge in [0.05, 0.1) is 11.0 Å². The Morgan fingerprint density at radius 1 is 1.00 bits per heavy atom. The Kier molecular flexibility index (Phi) is 7.55. The van der Waals surface area contributed by atoms with E-state index in [0.29, 0.717) is 28.6 Å². The van der Waals surface area contributed by atoms with Crippen LogP contribution in [0.2, 0.25) is 0 Å². The number of carbonyl (C=O) groups excluding carboxylic acids is 2. The highest BCUT2D eigenvalue weighted by Crippen LogP contribution is 2.28. The summed E-state index contributed by atoms with van der Waals surface area (Å²) in [5, 5.41) is 12.3. The molecule has 1 atom stereocenters. The minimum Gasteiger partial charge on any atom is -0.349 e. The first-order valence-corrected chi connectivity index (χ1v) is 13.2. The number of nitrogens with one attached hydrogen (secondary N) is 1. The number of para-hydroxylation sites is 1. The minimum absolute atomic E-state index is 0.0848. The van der Waals surface area contributed by atoms with Crippen molar-refractivity contribution in [2.75, 3.05) is 0 Å². The Labute approximate surface area is 231 Å². The van der Waals surface area contributed by atoms with Crippen LogP contribution in [0.3, 0.4) is 0 Å². The van der Waals surface area contributed by atoms with Gasteiger partial charge in [0, 0.05) is 23.7 Å². The largest absolute Gasteiger partial charge is 0.349 e. The number of benzene rings is 3. The zero-order valence-electron chi connectivity index (χ0n) is 22.7. The van der Waals surface area contributed by atoms with E-state index < -0.39 is 11.6 Å². The zero-order chi connectivity index (χ0) is 28.3. The Morgan fingerprint density at radius 2 is 1.77 bits per heavy atom. The molecule has 8 nitrogen and oxygen atoms in total. The summed E-state index contributed by atoms with van der Waals surface area (Å²) in [7, 11) is 0. The van der Waals surface area contributed by atoms with E-state index in [1.165, 1.54) is 21.7 Å². The van der Waals surface area contributed by atoms with Gasteiger partial charge in [-0.2, -0.15) is 0 Å². The molecular formula is C31H31FN6O2. The first kappa shape index (κ1) is 26.9. The molecule has 2 amide bonds. The van der Waals surface area contributed by atoms with E-state index in [4.69, 9.17) is 0 Å². The molecule has 0 spiro atoms. The first-order valence-electron chi connectivity index (χ1n) is 13.2. The topological polar surface area (TPSA) is 93.0 Å². The van der Waals surface area contributed by atoms with Crippen molar-refractivity contribution < 1.29 is 14.0 Å². The molecule has 0 bridgehead atoms. The SMILES string of the molecule is CCC(C)(C)NC(=O)C(c1ccc2ncccc2c1)N(Cc1ccc(F)cc1)C(=O)Cn1nnc2ccccc21. The van der Waals surface area contributed by atoms with Crippen LogP contribution in [-0.4, -0.2) is 42.2 Å².